The Hall–Kier alpha value is -2.11. The van der Waals surface area contributed by atoms with Crippen molar-refractivity contribution in [2.24, 2.45) is 0 Å². The Morgan fingerprint density at radius 3 is 2.48 bits per heavy atom. The van der Waals surface area contributed by atoms with Crippen LogP contribution in [-0.4, -0.2) is 30.0 Å². The Morgan fingerprint density at radius 1 is 1.22 bits per heavy atom. The Kier molecular flexibility index (Phi) is 5.58. The molecule has 0 aliphatic rings. The molecule has 0 unspecified atom stereocenters. The van der Waals surface area contributed by atoms with Crippen molar-refractivity contribution >= 4 is 40.8 Å². The fourth-order valence-electron chi connectivity index (χ4n) is 1.86. The van der Waals surface area contributed by atoms with Crippen molar-refractivity contribution in [1.82, 2.24) is 4.98 Å². The van der Waals surface area contributed by atoms with Crippen LogP contribution < -0.4 is 4.90 Å². The van der Waals surface area contributed by atoms with E-state index in [-0.39, 0.29) is 21.6 Å². The van der Waals surface area contributed by atoms with Gasteiger partial charge < -0.3 is 9.64 Å². The minimum atomic E-state index is -0.956. The van der Waals surface area contributed by atoms with Crippen molar-refractivity contribution in [2.45, 2.75) is 13.0 Å². The summed E-state index contributed by atoms with van der Waals surface area (Å²) in [4.78, 5) is 29.6. The molecule has 1 heterocycles. The Bertz CT molecular complexity index is 723. The summed E-state index contributed by atoms with van der Waals surface area (Å²) < 4.78 is 5.16. The van der Waals surface area contributed by atoms with E-state index >= 15 is 0 Å². The topological polar surface area (TPSA) is 59.5 Å². The number of aromatic nitrogens is 1. The van der Waals surface area contributed by atoms with Gasteiger partial charge in [0.05, 0.1) is 10.6 Å². The number of para-hydroxylation sites is 1. The summed E-state index contributed by atoms with van der Waals surface area (Å²) in [5, 5.41) is 0.234. The van der Waals surface area contributed by atoms with E-state index < -0.39 is 12.1 Å². The molecule has 0 aliphatic carbocycles. The highest BCUT2D eigenvalue weighted by molar-refractivity contribution is 6.41. The molecule has 2 aromatic rings. The van der Waals surface area contributed by atoms with E-state index in [1.165, 1.54) is 24.1 Å². The molecule has 1 aromatic carbocycles. The van der Waals surface area contributed by atoms with Crippen LogP contribution in [-0.2, 0) is 9.53 Å². The zero-order valence-corrected chi connectivity index (χ0v) is 14.0. The number of benzene rings is 1. The lowest BCUT2D eigenvalue weighted by Gasteiger charge is -2.21. The number of carbonyl (C=O) groups excluding carboxylic acids is 2. The molecule has 0 saturated heterocycles. The lowest BCUT2D eigenvalue weighted by molar-refractivity contribution is -0.126. The number of ether oxygens (including phenoxy) is 1. The predicted octanol–water partition coefficient (Wildman–Crippen LogP) is 3.60. The largest absolute Gasteiger partial charge is 0.449 e. The van der Waals surface area contributed by atoms with Crippen LogP contribution in [0.4, 0.5) is 5.69 Å². The molecule has 0 aliphatic heterocycles. The smallest absolute Gasteiger partial charge is 0.340 e. The van der Waals surface area contributed by atoms with Crippen LogP contribution in [0, 0.1) is 0 Å². The van der Waals surface area contributed by atoms with Gasteiger partial charge in [0, 0.05) is 18.9 Å². The average molecular weight is 353 g/mol. The van der Waals surface area contributed by atoms with Crippen LogP contribution in [0.5, 0.6) is 0 Å². The van der Waals surface area contributed by atoms with Gasteiger partial charge in [-0.15, -0.1) is 0 Å². The number of anilines is 1. The van der Waals surface area contributed by atoms with Gasteiger partial charge in [-0.3, -0.25) is 4.79 Å². The minimum absolute atomic E-state index is 0.0937. The van der Waals surface area contributed by atoms with E-state index in [1.54, 1.807) is 19.2 Å². The van der Waals surface area contributed by atoms with Crippen LogP contribution in [0.3, 0.4) is 0 Å². The lowest BCUT2D eigenvalue weighted by atomic mass is 10.2. The maximum Gasteiger partial charge on any atom is 0.340 e. The van der Waals surface area contributed by atoms with E-state index in [2.05, 4.69) is 4.98 Å². The van der Waals surface area contributed by atoms with Gasteiger partial charge in [-0.2, -0.15) is 0 Å². The second-order valence-electron chi connectivity index (χ2n) is 4.78. The first kappa shape index (κ1) is 17.2. The summed E-state index contributed by atoms with van der Waals surface area (Å²) in [5.41, 5.74) is 0.831. The maximum atomic E-state index is 12.3. The fraction of sp³-hybridized carbons (Fsp3) is 0.188. The number of amides is 1. The normalized spacial score (nSPS) is 11.7. The van der Waals surface area contributed by atoms with Gasteiger partial charge in [0.15, 0.2) is 6.10 Å². The van der Waals surface area contributed by atoms with Gasteiger partial charge >= 0.3 is 5.97 Å². The molecular weight excluding hydrogens is 339 g/mol. The quantitative estimate of drug-likeness (QED) is 0.623. The monoisotopic (exact) mass is 352 g/mol. The molecule has 120 valence electrons. The molecule has 23 heavy (non-hydrogen) atoms. The van der Waals surface area contributed by atoms with Gasteiger partial charge in [0.1, 0.15) is 5.15 Å². The van der Waals surface area contributed by atoms with Crippen LogP contribution >= 0.6 is 23.2 Å². The zero-order valence-electron chi connectivity index (χ0n) is 12.5. The summed E-state index contributed by atoms with van der Waals surface area (Å²) in [7, 11) is 1.61. The van der Waals surface area contributed by atoms with Crippen molar-refractivity contribution < 1.29 is 14.3 Å². The standard InChI is InChI=1S/C16H14Cl2N2O3/c1-10(15(21)20(2)12-6-4-3-5-7-12)23-16(22)11-8-13(17)14(18)19-9-11/h3-10H,1-2H3/t10-/m0/s1. The number of pyridine rings is 1. The summed E-state index contributed by atoms with van der Waals surface area (Å²) in [6, 6.07) is 10.4. The SMILES string of the molecule is C[C@H](OC(=O)c1cnc(Cl)c(Cl)c1)C(=O)N(C)c1ccccc1. The van der Waals surface area contributed by atoms with E-state index in [9.17, 15) is 9.59 Å². The highest BCUT2D eigenvalue weighted by atomic mass is 35.5. The number of halogens is 2. The van der Waals surface area contributed by atoms with E-state index in [0.29, 0.717) is 5.69 Å². The second-order valence-corrected chi connectivity index (χ2v) is 5.54. The van der Waals surface area contributed by atoms with Gasteiger partial charge in [-0.25, -0.2) is 9.78 Å². The summed E-state index contributed by atoms with van der Waals surface area (Å²) in [6.07, 6.45) is 0.288. The maximum absolute atomic E-state index is 12.3. The van der Waals surface area contributed by atoms with Crippen molar-refractivity contribution in [3.63, 3.8) is 0 Å². The first-order chi connectivity index (χ1) is 10.9. The van der Waals surface area contributed by atoms with Gasteiger partial charge in [0.25, 0.3) is 5.91 Å². The number of esters is 1. The number of nitrogens with zero attached hydrogens (tertiary/aromatic N) is 2. The molecule has 1 aromatic heterocycles. The van der Waals surface area contributed by atoms with E-state index in [0.717, 1.165) is 0 Å². The molecule has 0 radical (unpaired) electrons. The van der Waals surface area contributed by atoms with Gasteiger partial charge in [-0.1, -0.05) is 41.4 Å². The van der Waals surface area contributed by atoms with Crippen molar-refractivity contribution in [1.29, 1.82) is 0 Å². The van der Waals surface area contributed by atoms with Gasteiger partial charge in [-0.05, 0) is 25.1 Å². The minimum Gasteiger partial charge on any atom is -0.449 e. The van der Waals surface area contributed by atoms with Crippen LogP contribution in [0.2, 0.25) is 10.2 Å². The molecule has 1 atom stereocenters. The number of hydrogen-bond donors (Lipinski definition) is 0. The van der Waals surface area contributed by atoms with Crippen LogP contribution in [0.1, 0.15) is 17.3 Å². The first-order valence-corrected chi connectivity index (χ1v) is 7.50. The average Bonchev–Trinajstić information content (AvgIpc) is 2.56. The predicted molar refractivity (Wildman–Crippen MR) is 89.0 cm³/mol. The number of carbonyl (C=O) groups is 2. The second kappa shape index (κ2) is 7.44. The summed E-state index contributed by atoms with van der Waals surface area (Å²) >= 11 is 11.5. The van der Waals surface area contributed by atoms with Gasteiger partial charge in [0.2, 0.25) is 0 Å². The summed E-state index contributed by atoms with van der Waals surface area (Å²) in [6.45, 7) is 1.50. The molecule has 2 rings (SSSR count). The number of rotatable bonds is 4. The third-order valence-electron chi connectivity index (χ3n) is 3.14. The lowest BCUT2D eigenvalue weighted by Crippen LogP contribution is -2.37. The number of likely N-dealkylation sites (N-methyl/N-ethyl adjacent to an activating group) is 1. The fourth-order valence-corrected chi connectivity index (χ4v) is 2.13. The third kappa shape index (κ3) is 4.21. The van der Waals surface area contributed by atoms with E-state index in [4.69, 9.17) is 27.9 Å². The van der Waals surface area contributed by atoms with Crippen molar-refractivity contribution in [2.75, 3.05) is 11.9 Å². The van der Waals surface area contributed by atoms with Crippen LogP contribution in [0.15, 0.2) is 42.6 Å². The Labute approximate surface area is 143 Å². The molecular formula is C16H14Cl2N2O3. The molecule has 0 fully saturated rings. The Balaban J connectivity index is 2.05. The molecule has 0 saturated carbocycles. The molecule has 1 amide bonds. The molecule has 7 heteroatoms. The molecule has 5 nitrogen and oxygen atoms in total. The molecule has 0 N–H and O–H groups in total. The highest BCUT2D eigenvalue weighted by Crippen LogP contribution is 2.20. The third-order valence-corrected chi connectivity index (χ3v) is 3.82. The van der Waals surface area contributed by atoms with Crippen molar-refractivity contribution in [3.05, 3.63) is 58.3 Å². The molecule has 0 bridgehead atoms. The first-order valence-electron chi connectivity index (χ1n) is 6.75. The number of hydrogen-bond acceptors (Lipinski definition) is 4. The molecule has 0 spiro atoms. The van der Waals surface area contributed by atoms with Crippen LogP contribution in [0.25, 0.3) is 0 Å². The Morgan fingerprint density at radius 2 is 1.87 bits per heavy atom. The summed E-state index contributed by atoms with van der Waals surface area (Å²) in [5.74, 6) is -1.05. The highest BCUT2D eigenvalue weighted by Gasteiger charge is 2.23. The zero-order chi connectivity index (χ0) is 17.0. The van der Waals surface area contributed by atoms with Crippen molar-refractivity contribution in [3.8, 4) is 0 Å². The van der Waals surface area contributed by atoms with E-state index in [1.807, 2.05) is 18.2 Å².